The first-order valence-corrected chi connectivity index (χ1v) is 13.3. The first kappa shape index (κ1) is 25.0. The molecule has 0 N–H and O–H groups in total. The van der Waals surface area contributed by atoms with Crippen molar-refractivity contribution < 1.29 is 18.7 Å². The molecule has 0 unspecified atom stereocenters. The molecule has 4 heterocycles. The predicted octanol–water partition coefficient (Wildman–Crippen LogP) is 4.12. The number of piperidine rings is 2. The Hall–Kier alpha value is -2.71. The van der Waals surface area contributed by atoms with Gasteiger partial charge in [0.25, 0.3) is 5.91 Å². The van der Waals surface area contributed by atoms with Gasteiger partial charge in [0.05, 0.1) is 30.6 Å². The number of hydrogen-bond acceptors (Lipinski definition) is 6. The van der Waals surface area contributed by atoms with E-state index in [9.17, 15) is 9.18 Å². The second-order valence-electron chi connectivity index (χ2n) is 10.5. The van der Waals surface area contributed by atoms with Crippen LogP contribution in [0.25, 0.3) is 0 Å². The lowest BCUT2D eigenvalue weighted by atomic mass is 9.88. The number of likely N-dealkylation sites (tertiary alicyclic amines) is 1. The smallest absolute Gasteiger partial charge is 0.253 e. The number of rotatable bonds is 7. The fraction of sp³-hybridized carbons (Fsp3) is 0.571. The summed E-state index contributed by atoms with van der Waals surface area (Å²) in [6.07, 6.45) is 6.78. The van der Waals surface area contributed by atoms with E-state index in [2.05, 4.69) is 46.0 Å². The minimum atomic E-state index is -0.550. The van der Waals surface area contributed by atoms with Gasteiger partial charge >= 0.3 is 0 Å². The van der Waals surface area contributed by atoms with Crippen molar-refractivity contribution in [3.05, 3.63) is 48.5 Å². The molecule has 7 nitrogen and oxygen atoms in total. The Morgan fingerprint density at radius 2 is 1.89 bits per heavy atom. The van der Waals surface area contributed by atoms with E-state index in [0.29, 0.717) is 12.2 Å². The lowest BCUT2D eigenvalue weighted by Crippen LogP contribution is -2.59. The molecule has 1 atom stereocenters. The molecule has 1 amide bonds. The number of aromatic nitrogens is 1. The third-order valence-corrected chi connectivity index (χ3v) is 7.78. The molecule has 1 aromatic carbocycles. The molecule has 3 saturated heterocycles. The molecule has 2 aromatic rings. The van der Waals surface area contributed by atoms with E-state index >= 15 is 0 Å². The molecule has 0 saturated carbocycles. The summed E-state index contributed by atoms with van der Waals surface area (Å²) < 4.78 is 25.3. The van der Waals surface area contributed by atoms with Gasteiger partial charge in [0.15, 0.2) is 0 Å². The van der Waals surface area contributed by atoms with Crippen LogP contribution in [0.3, 0.4) is 0 Å². The van der Waals surface area contributed by atoms with Crippen molar-refractivity contribution in [2.24, 2.45) is 5.92 Å². The maximum atomic E-state index is 13.2. The lowest BCUT2D eigenvalue weighted by Gasteiger charge is -2.47. The number of benzene rings is 1. The predicted molar refractivity (Wildman–Crippen MR) is 138 cm³/mol. The Balaban J connectivity index is 1.09. The number of anilines is 2. The summed E-state index contributed by atoms with van der Waals surface area (Å²) in [5, 5.41) is 0. The molecular formula is C28H37FN4O3. The molecule has 3 fully saturated rings. The SMILES string of the molecule is C[C@H]1CCCN(CCCOc2ccc(N3CCC4(CC3)CN(c3ccc(F)nc3)C(=O)CO4)cc2)C1. The molecule has 8 heteroatoms. The minimum Gasteiger partial charge on any atom is -0.494 e. The number of hydrogen-bond donors (Lipinski definition) is 0. The van der Waals surface area contributed by atoms with Gasteiger partial charge in [0.2, 0.25) is 5.95 Å². The zero-order valence-electron chi connectivity index (χ0n) is 21.2. The Labute approximate surface area is 213 Å². The van der Waals surface area contributed by atoms with E-state index < -0.39 is 5.95 Å². The summed E-state index contributed by atoms with van der Waals surface area (Å²) in [4.78, 5) is 22.8. The molecule has 3 aliphatic heterocycles. The molecule has 1 aromatic heterocycles. The summed E-state index contributed by atoms with van der Waals surface area (Å²) in [5.74, 6) is 1.07. The van der Waals surface area contributed by atoms with Crippen molar-refractivity contribution in [3.63, 3.8) is 0 Å². The van der Waals surface area contributed by atoms with Gasteiger partial charge in [0, 0.05) is 31.9 Å². The third-order valence-electron chi connectivity index (χ3n) is 7.78. The highest BCUT2D eigenvalue weighted by atomic mass is 19.1. The van der Waals surface area contributed by atoms with Crippen LogP contribution in [0.4, 0.5) is 15.8 Å². The number of carbonyl (C=O) groups is 1. The van der Waals surface area contributed by atoms with E-state index in [1.165, 1.54) is 43.9 Å². The minimum absolute atomic E-state index is 0.0419. The van der Waals surface area contributed by atoms with Gasteiger partial charge in [-0.15, -0.1) is 0 Å². The Morgan fingerprint density at radius 1 is 1.11 bits per heavy atom. The van der Waals surface area contributed by atoms with Crippen LogP contribution in [0.15, 0.2) is 42.6 Å². The zero-order chi connectivity index (χ0) is 25.0. The van der Waals surface area contributed by atoms with E-state index in [0.717, 1.165) is 57.2 Å². The van der Waals surface area contributed by atoms with Crippen LogP contribution in [0.5, 0.6) is 5.75 Å². The largest absolute Gasteiger partial charge is 0.494 e. The number of amides is 1. The standard InChI is InChI=1S/C28H37FN4O3/c1-22-4-2-13-31(19-22)14-3-17-35-25-8-5-23(6-9-25)32-15-11-28(12-16-32)21-33(27(34)20-36-28)24-7-10-26(29)30-18-24/h5-10,18,22H,2-4,11-17,19-21H2,1H3/t22-/m0/s1. The van der Waals surface area contributed by atoms with Crippen molar-refractivity contribution in [3.8, 4) is 5.75 Å². The molecule has 36 heavy (non-hydrogen) atoms. The fourth-order valence-corrected chi connectivity index (χ4v) is 5.67. The van der Waals surface area contributed by atoms with E-state index in [1.54, 1.807) is 11.0 Å². The van der Waals surface area contributed by atoms with Crippen molar-refractivity contribution in [2.75, 3.05) is 62.3 Å². The first-order chi connectivity index (χ1) is 17.5. The molecule has 0 radical (unpaired) electrons. The second kappa shape index (κ2) is 11.1. The maximum Gasteiger partial charge on any atom is 0.253 e. The van der Waals surface area contributed by atoms with Gasteiger partial charge in [-0.3, -0.25) is 4.79 Å². The van der Waals surface area contributed by atoms with Crippen LogP contribution in [0.1, 0.15) is 39.0 Å². The molecule has 0 aliphatic carbocycles. The number of nitrogens with zero attached hydrogens (tertiary/aromatic N) is 4. The maximum absolute atomic E-state index is 13.2. The van der Waals surface area contributed by atoms with Crippen LogP contribution >= 0.6 is 0 Å². The summed E-state index contributed by atoms with van der Waals surface area (Å²) in [6.45, 7) is 8.84. The number of carbonyl (C=O) groups excluding carboxylic acids is 1. The monoisotopic (exact) mass is 496 g/mol. The molecule has 3 aliphatic rings. The van der Waals surface area contributed by atoms with Crippen molar-refractivity contribution in [1.29, 1.82) is 0 Å². The number of morpholine rings is 1. The van der Waals surface area contributed by atoms with E-state index in [4.69, 9.17) is 9.47 Å². The van der Waals surface area contributed by atoms with Crippen molar-refractivity contribution >= 4 is 17.3 Å². The normalized spacial score (nSPS) is 22.7. The summed E-state index contributed by atoms with van der Waals surface area (Å²) in [5.41, 5.74) is 1.41. The number of halogens is 1. The van der Waals surface area contributed by atoms with Gasteiger partial charge < -0.3 is 24.2 Å². The van der Waals surface area contributed by atoms with Crippen molar-refractivity contribution in [1.82, 2.24) is 9.88 Å². The number of pyridine rings is 1. The van der Waals surface area contributed by atoms with Gasteiger partial charge in [-0.2, -0.15) is 4.39 Å². The van der Waals surface area contributed by atoms with Gasteiger partial charge in [-0.1, -0.05) is 6.92 Å². The molecule has 0 bridgehead atoms. The highest BCUT2D eigenvalue weighted by Gasteiger charge is 2.42. The highest BCUT2D eigenvalue weighted by Crippen LogP contribution is 2.34. The van der Waals surface area contributed by atoms with Crippen molar-refractivity contribution in [2.45, 2.75) is 44.6 Å². The third kappa shape index (κ3) is 5.98. The summed E-state index contributed by atoms with van der Waals surface area (Å²) in [6, 6.07) is 11.3. The first-order valence-electron chi connectivity index (χ1n) is 13.3. The van der Waals surface area contributed by atoms with E-state index in [-0.39, 0.29) is 18.1 Å². The Bertz CT molecular complexity index is 1010. The molecular weight excluding hydrogens is 459 g/mol. The van der Waals surface area contributed by atoms with Gasteiger partial charge in [-0.25, -0.2) is 4.98 Å². The summed E-state index contributed by atoms with van der Waals surface area (Å²) in [7, 11) is 0. The zero-order valence-corrected chi connectivity index (χ0v) is 21.2. The average Bonchev–Trinajstić information content (AvgIpc) is 2.90. The second-order valence-corrected chi connectivity index (χ2v) is 10.5. The van der Waals surface area contributed by atoms with Crippen LogP contribution < -0.4 is 14.5 Å². The summed E-state index contributed by atoms with van der Waals surface area (Å²) >= 11 is 0. The number of ether oxygens (including phenoxy) is 2. The quantitative estimate of drug-likeness (QED) is 0.425. The highest BCUT2D eigenvalue weighted by molar-refractivity contribution is 5.95. The topological polar surface area (TPSA) is 58.1 Å². The van der Waals surface area contributed by atoms with Crippen LogP contribution in [-0.2, 0) is 9.53 Å². The Morgan fingerprint density at radius 3 is 2.61 bits per heavy atom. The molecule has 194 valence electrons. The fourth-order valence-electron chi connectivity index (χ4n) is 5.67. The molecule has 5 rings (SSSR count). The lowest BCUT2D eigenvalue weighted by molar-refractivity contribution is -0.141. The van der Waals surface area contributed by atoms with E-state index in [1.807, 2.05) is 0 Å². The molecule has 1 spiro atoms. The van der Waals surface area contributed by atoms with Crippen LogP contribution in [-0.4, -0.2) is 73.9 Å². The Kier molecular flexibility index (Phi) is 7.72. The van der Waals surface area contributed by atoms with Crippen LogP contribution in [0.2, 0.25) is 0 Å². The van der Waals surface area contributed by atoms with Gasteiger partial charge in [-0.05, 0) is 81.0 Å². The average molecular weight is 497 g/mol. The van der Waals surface area contributed by atoms with Crippen LogP contribution in [0, 0.1) is 11.9 Å². The van der Waals surface area contributed by atoms with Gasteiger partial charge in [0.1, 0.15) is 12.4 Å².